The number of phenolic OH excluding ortho intramolecular Hbond substituents is 1. The van der Waals surface area contributed by atoms with E-state index in [-0.39, 0.29) is 23.1 Å². The summed E-state index contributed by atoms with van der Waals surface area (Å²) >= 11 is 0. The molecule has 3 rings (SSSR count). The molecule has 2 aromatic carbocycles. The number of benzene rings is 2. The standard InChI is InChI=1S/C20H20FNO3/c1-3-22(4-2)12-16-17(23)10-9-15-19(24)18(25-20(15)16)11-13-5-7-14(21)8-6-13/h5-11,23H,3-4,12H2,1-2H3/p+1/b18-11-. The van der Waals surface area contributed by atoms with E-state index in [4.69, 9.17) is 4.74 Å². The molecule has 0 saturated heterocycles. The van der Waals surface area contributed by atoms with Crippen LogP contribution in [-0.2, 0) is 6.54 Å². The minimum Gasteiger partial charge on any atom is -0.507 e. The number of nitrogens with one attached hydrogen (secondary N) is 1. The Balaban J connectivity index is 1.96. The first-order valence-corrected chi connectivity index (χ1v) is 8.41. The molecular formula is C20H21FNO3+. The van der Waals surface area contributed by atoms with Gasteiger partial charge in [0.1, 0.15) is 18.1 Å². The van der Waals surface area contributed by atoms with Gasteiger partial charge in [-0.15, -0.1) is 0 Å². The molecule has 0 atom stereocenters. The van der Waals surface area contributed by atoms with E-state index in [9.17, 15) is 14.3 Å². The van der Waals surface area contributed by atoms with Crippen LogP contribution in [0.1, 0.15) is 35.3 Å². The Morgan fingerprint density at radius 2 is 1.80 bits per heavy atom. The SMILES string of the molecule is CC[NH+](CC)Cc1c(O)ccc2c1O/C(=C\c1ccc(F)cc1)C2=O. The number of rotatable bonds is 5. The maximum Gasteiger partial charge on any atom is 0.231 e. The number of hydrogen-bond acceptors (Lipinski definition) is 3. The third-order valence-electron chi connectivity index (χ3n) is 4.51. The molecule has 5 heteroatoms. The van der Waals surface area contributed by atoms with Crippen molar-refractivity contribution >= 4 is 11.9 Å². The fourth-order valence-corrected chi connectivity index (χ4v) is 2.93. The Hall–Kier alpha value is -2.66. The zero-order valence-corrected chi connectivity index (χ0v) is 14.3. The molecule has 0 amide bonds. The van der Waals surface area contributed by atoms with Gasteiger partial charge in [-0.3, -0.25) is 4.79 Å². The van der Waals surface area contributed by atoms with Gasteiger partial charge in [0.05, 0.1) is 24.2 Å². The van der Waals surface area contributed by atoms with Crippen molar-refractivity contribution in [2.75, 3.05) is 13.1 Å². The Bertz CT molecular complexity index is 824. The van der Waals surface area contributed by atoms with Gasteiger partial charge in [-0.1, -0.05) is 12.1 Å². The fourth-order valence-electron chi connectivity index (χ4n) is 2.93. The molecule has 4 nitrogen and oxygen atoms in total. The Labute approximate surface area is 146 Å². The van der Waals surface area contributed by atoms with Gasteiger partial charge < -0.3 is 14.7 Å². The lowest BCUT2D eigenvalue weighted by Crippen LogP contribution is -3.10. The van der Waals surface area contributed by atoms with E-state index >= 15 is 0 Å². The molecule has 0 unspecified atom stereocenters. The van der Waals surface area contributed by atoms with Crippen molar-refractivity contribution in [3.05, 3.63) is 64.7 Å². The molecule has 2 N–H and O–H groups in total. The first-order chi connectivity index (χ1) is 12.0. The summed E-state index contributed by atoms with van der Waals surface area (Å²) in [5, 5.41) is 10.2. The lowest BCUT2D eigenvalue weighted by Gasteiger charge is -2.17. The Kier molecular flexibility index (Phi) is 4.86. The summed E-state index contributed by atoms with van der Waals surface area (Å²) in [6.07, 6.45) is 1.59. The van der Waals surface area contributed by atoms with Crippen molar-refractivity contribution in [3.63, 3.8) is 0 Å². The first kappa shape index (κ1) is 17.2. The van der Waals surface area contributed by atoms with Gasteiger partial charge in [-0.25, -0.2) is 4.39 Å². The summed E-state index contributed by atoms with van der Waals surface area (Å²) in [6, 6.07) is 8.96. The lowest BCUT2D eigenvalue weighted by atomic mass is 10.0. The van der Waals surface area contributed by atoms with Crippen molar-refractivity contribution in [1.82, 2.24) is 0 Å². The summed E-state index contributed by atoms with van der Waals surface area (Å²) in [6.45, 7) is 6.55. The van der Waals surface area contributed by atoms with Gasteiger partial charge in [0.2, 0.25) is 5.78 Å². The van der Waals surface area contributed by atoms with Crippen LogP contribution in [0, 0.1) is 5.82 Å². The predicted molar refractivity (Wildman–Crippen MR) is 93.2 cm³/mol. The topological polar surface area (TPSA) is 51.0 Å². The van der Waals surface area contributed by atoms with Gasteiger partial charge in [0, 0.05) is 0 Å². The highest BCUT2D eigenvalue weighted by Gasteiger charge is 2.32. The number of quaternary nitrogens is 1. The van der Waals surface area contributed by atoms with Crippen LogP contribution < -0.4 is 9.64 Å². The van der Waals surface area contributed by atoms with Crippen molar-refractivity contribution in [3.8, 4) is 11.5 Å². The number of carbonyl (C=O) groups is 1. The van der Waals surface area contributed by atoms with Crippen LogP contribution in [0.3, 0.4) is 0 Å². The molecule has 2 aromatic rings. The second kappa shape index (κ2) is 7.07. The molecule has 1 aliphatic heterocycles. The van der Waals surface area contributed by atoms with Crippen molar-refractivity contribution in [1.29, 1.82) is 0 Å². The monoisotopic (exact) mass is 342 g/mol. The molecule has 25 heavy (non-hydrogen) atoms. The van der Waals surface area contributed by atoms with E-state index in [1.54, 1.807) is 30.3 Å². The fraction of sp³-hybridized carbons (Fsp3) is 0.250. The Morgan fingerprint density at radius 1 is 1.12 bits per heavy atom. The molecule has 1 heterocycles. The quantitative estimate of drug-likeness (QED) is 0.821. The third-order valence-corrected chi connectivity index (χ3v) is 4.51. The molecule has 0 radical (unpaired) electrons. The van der Waals surface area contributed by atoms with Gasteiger partial charge in [0.25, 0.3) is 0 Å². The Morgan fingerprint density at radius 3 is 2.44 bits per heavy atom. The zero-order valence-electron chi connectivity index (χ0n) is 14.3. The van der Waals surface area contributed by atoms with Crippen molar-refractivity contribution < 1.29 is 23.9 Å². The number of ether oxygens (including phenoxy) is 1. The number of aromatic hydroxyl groups is 1. The predicted octanol–water partition coefficient (Wildman–Crippen LogP) is 2.57. The van der Waals surface area contributed by atoms with Crippen molar-refractivity contribution in [2.45, 2.75) is 20.4 Å². The number of ketones is 1. The van der Waals surface area contributed by atoms with Crippen LogP contribution in [0.5, 0.6) is 11.5 Å². The van der Waals surface area contributed by atoms with Crippen LogP contribution in [0.4, 0.5) is 4.39 Å². The van der Waals surface area contributed by atoms with Gasteiger partial charge in [-0.05, 0) is 49.8 Å². The van der Waals surface area contributed by atoms with E-state index < -0.39 is 0 Å². The minimum atomic E-state index is -0.335. The zero-order chi connectivity index (χ0) is 18.0. The molecule has 0 fully saturated rings. The highest BCUT2D eigenvalue weighted by molar-refractivity contribution is 6.14. The van der Waals surface area contributed by atoms with Crippen LogP contribution >= 0.6 is 0 Å². The number of Topliss-reactive ketones (excluding diaryl/α,β-unsaturated/α-hetero) is 1. The molecule has 0 aliphatic carbocycles. The molecule has 0 saturated carbocycles. The average Bonchev–Trinajstić information content (AvgIpc) is 2.92. The van der Waals surface area contributed by atoms with Crippen LogP contribution in [0.25, 0.3) is 6.08 Å². The van der Waals surface area contributed by atoms with E-state index in [0.29, 0.717) is 29.0 Å². The van der Waals surface area contributed by atoms with Crippen LogP contribution in [-0.4, -0.2) is 24.0 Å². The molecule has 0 bridgehead atoms. The second-order valence-electron chi connectivity index (χ2n) is 6.07. The van der Waals surface area contributed by atoms with E-state index in [1.165, 1.54) is 17.0 Å². The van der Waals surface area contributed by atoms with E-state index in [1.807, 2.05) is 0 Å². The highest BCUT2D eigenvalue weighted by Crippen LogP contribution is 2.39. The molecule has 130 valence electrons. The lowest BCUT2D eigenvalue weighted by molar-refractivity contribution is -0.910. The number of carbonyl (C=O) groups excluding carboxylic acids is 1. The maximum absolute atomic E-state index is 13.0. The van der Waals surface area contributed by atoms with Gasteiger partial charge in [-0.2, -0.15) is 0 Å². The third kappa shape index (κ3) is 3.42. The van der Waals surface area contributed by atoms with Crippen molar-refractivity contribution in [2.24, 2.45) is 0 Å². The molecule has 1 aliphatic rings. The number of fused-ring (bicyclic) bond motifs is 1. The summed E-state index contributed by atoms with van der Waals surface area (Å²) in [4.78, 5) is 13.9. The smallest absolute Gasteiger partial charge is 0.231 e. The highest BCUT2D eigenvalue weighted by atomic mass is 19.1. The molecule has 0 spiro atoms. The second-order valence-corrected chi connectivity index (χ2v) is 6.07. The largest absolute Gasteiger partial charge is 0.507 e. The normalized spacial score (nSPS) is 14.9. The number of phenols is 1. The number of hydrogen-bond donors (Lipinski definition) is 2. The van der Waals surface area contributed by atoms with Crippen LogP contribution in [0.15, 0.2) is 42.2 Å². The first-order valence-electron chi connectivity index (χ1n) is 8.41. The summed E-state index contributed by atoms with van der Waals surface area (Å²) < 4.78 is 18.8. The van der Waals surface area contributed by atoms with Gasteiger partial charge >= 0.3 is 0 Å². The minimum absolute atomic E-state index is 0.133. The van der Waals surface area contributed by atoms with E-state index in [2.05, 4.69) is 13.8 Å². The van der Waals surface area contributed by atoms with Crippen LogP contribution in [0.2, 0.25) is 0 Å². The van der Waals surface area contributed by atoms with E-state index in [0.717, 1.165) is 13.1 Å². The maximum atomic E-state index is 13.0. The summed E-state index contributed by atoms with van der Waals surface area (Å²) in [5.74, 6) is 0.184. The number of halogens is 1. The number of allylic oxidation sites excluding steroid dienone is 1. The molecular weight excluding hydrogens is 321 g/mol. The van der Waals surface area contributed by atoms with Gasteiger partial charge in [0.15, 0.2) is 11.5 Å². The molecule has 0 aromatic heterocycles. The average molecular weight is 342 g/mol. The summed E-state index contributed by atoms with van der Waals surface area (Å²) in [7, 11) is 0. The summed E-state index contributed by atoms with van der Waals surface area (Å²) in [5.41, 5.74) is 1.78.